The molecule has 0 aromatic carbocycles. The van der Waals surface area contributed by atoms with Crippen molar-refractivity contribution >= 4 is 11.3 Å². The molecule has 0 bridgehead atoms. The molecule has 104 valence electrons. The van der Waals surface area contributed by atoms with Gasteiger partial charge in [0.25, 0.3) is 0 Å². The second kappa shape index (κ2) is 6.13. The van der Waals surface area contributed by atoms with E-state index >= 15 is 0 Å². The molecule has 0 N–H and O–H groups in total. The van der Waals surface area contributed by atoms with Gasteiger partial charge in [-0.05, 0) is 6.42 Å². The number of fused-ring (bicyclic) bond motifs is 1. The number of aromatic nitrogens is 1. The Morgan fingerprint density at radius 2 is 2.42 bits per heavy atom. The Balaban J connectivity index is 1.51. The molecule has 0 aliphatic carbocycles. The highest BCUT2D eigenvalue weighted by Crippen LogP contribution is 2.25. The standard InChI is InChI=1S/C14H21N3OS/c1-2-6-18-13-8-12-9-16(4-5-17(12)10-13)11-14-15-3-7-19-14/h2-3,7,12-13H,1,4-6,8-11H2/t12-,13+/m1/s1. The second-order valence-corrected chi connectivity index (χ2v) is 6.27. The molecule has 5 heteroatoms. The van der Waals surface area contributed by atoms with Crippen LogP contribution in [0.15, 0.2) is 24.2 Å². The molecule has 2 atom stereocenters. The molecule has 2 aliphatic rings. The Morgan fingerprint density at radius 3 is 3.21 bits per heavy atom. The van der Waals surface area contributed by atoms with E-state index in [1.807, 2.05) is 12.3 Å². The van der Waals surface area contributed by atoms with Gasteiger partial charge >= 0.3 is 0 Å². The third kappa shape index (κ3) is 3.23. The van der Waals surface area contributed by atoms with E-state index in [1.54, 1.807) is 11.3 Å². The molecule has 0 saturated carbocycles. The zero-order valence-electron chi connectivity index (χ0n) is 11.2. The molecule has 1 aromatic rings. The quantitative estimate of drug-likeness (QED) is 0.766. The summed E-state index contributed by atoms with van der Waals surface area (Å²) in [4.78, 5) is 9.48. The number of ether oxygens (including phenoxy) is 1. The van der Waals surface area contributed by atoms with Crippen LogP contribution in [0.25, 0.3) is 0 Å². The molecule has 0 spiro atoms. The van der Waals surface area contributed by atoms with E-state index in [4.69, 9.17) is 4.74 Å². The maximum atomic E-state index is 5.80. The van der Waals surface area contributed by atoms with Gasteiger partial charge in [-0.3, -0.25) is 9.80 Å². The molecule has 2 fully saturated rings. The summed E-state index contributed by atoms with van der Waals surface area (Å²) >= 11 is 1.75. The van der Waals surface area contributed by atoms with Gasteiger partial charge in [0.2, 0.25) is 0 Å². The first-order valence-corrected chi connectivity index (χ1v) is 7.80. The fraction of sp³-hybridized carbons (Fsp3) is 0.643. The Labute approximate surface area is 118 Å². The number of piperazine rings is 1. The van der Waals surface area contributed by atoms with Crippen molar-refractivity contribution in [1.82, 2.24) is 14.8 Å². The van der Waals surface area contributed by atoms with Gasteiger partial charge in [-0.1, -0.05) is 6.08 Å². The third-order valence-electron chi connectivity index (χ3n) is 3.95. The minimum Gasteiger partial charge on any atom is -0.373 e. The van der Waals surface area contributed by atoms with Crippen molar-refractivity contribution in [2.24, 2.45) is 0 Å². The number of hydrogen-bond acceptors (Lipinski definition) is 5. The van der Waals surface area contributed by atoms with Crippen LogP contribution >= 0.6 is 11.3 Å². The van der Waals surface area contributed by atoms with Gasteiger partial charge in [0.05, 0.1) is 19.3 Å². The molecule has 2 aliphatic heterocycles. The predicted molar refractivity (Wildman–Crippen MR) is 77.3 cm³/mol. The van der Waals surface area contributed by atoms with Crippen LogP contribution < -0.4 is 0 Å². The zero-order valence-corrected chi connectivity index (χ0v) is 12.0. The molecule has 0 amide bonds. The first kappa shape index (κ1) is 13.2. The van der Waals surface area contributed by atoms with Crippen LogP contribution in [0.3, 0.4) is 0 Å². The maximum absolute atomic E-state index is 5.80. The molecular weight excluding hydrogens is 258 g/mol. The van der Waals surface area contributed by atoms with Crippen molar-refractivity contribution in [3.63, 3.8) is 0 Å². The fourth-order valence-electron chi connectivity index (χ4n) is 3.05. The highest BCUT2D eigenvalue weighted by atomic mass is 32.1. The van der Waals surface area contributed by atoms with E-state index in [2.05, 4.69) is 26.7 Å². The molecule has 19 heavy (non-hydrogen) atoms. The number of thiazole rings is 1. The largest absolute Gasteiger partial charge is 0.373 e. The van der Waals surface area contributed by atoms with Crippen molar-refractivity contribution < 1.29 is 4.74 Å². The summed E-state index contributed by atoms with van der Waals surface area (Å²) in [5.74, 6) is 0. The van der Waals surface area contributed by atoms with Crippen molar-refractivity contribution in [2.75, 3.05) is 32.8 Å². The smallest absolute Gasteiger partial charge is 0.107 e. The monoisotopic (exact) mass is 279 g/mol. The average Bonchev–Trinajstić information content (AvgIpc) is 3.04. The maximum Gasteiger partial charge on any atom is 0.107 e. The number of rotatable bonds is 5. The minimum atomic E-state index is 0.391. The Bertz CT molecular complexity index is 409. The summed E-state index contributed by atoms with van der Waals surface area (Å²) in [5.41, 5.74) is 0. The third-order valence-corrected chi connectivity index (χ3v) is 4.72. The summed E-state index contributed by atoms with van der Waals surface area (Å²) in [7, 11) is 0. The van der Waals surface area contributed by atoms with E-state index in [0.29, 0.717) is 18.8 Å². The van der Waals surface area contributed by atoms with E-state index in [-0.39, 0.29) is 0 Å². The lowest BCUT2D eigenvalue weighted by Crippen LogP contribution is -2.49. The zero-order chi connectivity index (χ0) is 13.1. The molecule has 3 rings (SSSR count). The molecule has 3 heterocycles. The van der Waals surface area contributed by atoms with Crippen molar-refractivity contribution in [3.8, 4) is 0 Å². The van der Waals surface area contributed by atoms with Crippen molar-refractivity contribution in [1.29, 1.82) is 0 Å². The minimum absolute atomic E-state index is 0.391. The lowest BCUT2D eigenvalue weighted by Gasteiger charge is -2.36. The Hall–Kier alpha value is -0.750. The summed E-state index contributed by atoms with van der Waals surface area (Å²) in [6, 6.07) is 0.656. The van der Waals surface area contributed by atoms with Crippen molar-refractivity contribution in [3.05, 3.63) is 29.2 Å². The van der Waals surface area contributed by atoms with Crippen molar-refractivity contribution in [2.45, 2.75) is 25.1 Å². The Kier molecular flexibility index (Phi) is 4.28. The molecule has 4 nitrogen and oxygen atoms in total. The van der Waals surface area contributed by atoms with Gasteiger partial charge in [-0.2, -0.15) is 0 Å². The molecule has 0 radical (unpaired) electrons. The molecule has 2 saturated heterocycles. The topological polar surface area (TPSA) is 28.6 Å². The highest BCUT2D eigenvalue weighted by Gasteiger charge is 2.36. The SMILES string of the molecule is C=CCO[C@H]1C[C@@H]2CN(Cc3nccs3)CCN2C1. The lowest BCUT2D eigenvalue weighted by atomic mass is 10.1. The van der Waals surface area contributed by atoms with Crippen LogP contribution in [0, 0.1) is 0 Å². The van der Waals surface area contributed by atoms with E-state index in [0.717, 1.165) is 39.1 Å². The van der Waals surface area contributed by atoms with E-state index < -0.39 is 0 Å². The summed E-state index contributed by atoms with van der Waals surface area (Å²) in [6.45, 7) is 9.92. The van der Waals surface area contributed by atoms with Crippen LogP contribution in [-0.4, -0.2) is 59.7 Å². The van der Waals surface area contributed by atoms with Gasteiger partial charge in [0, 0.05) is 43.8 Å². The second-order valence-electron chi connectivity index (χ2n) is 5.29. The van der Waals surface area contributed by atoms with Crippen LogP contribution in [0.5, 0.6) is 0 Å². The number of hydrogen-bond donors (Lipinski definition) is 0. The molecule has 0 unspecified atom stereocenters. The van der Waals surface area contributed by atoms with Gasteiger partial charge in [-0.15, -0.1) is 17.9 Å². The van der Waals surface area contributed by atoms with Crippen LogP contribution in [0.1, 0.15) is 11.4 Å². The predicted octanol–water partition coefficient (Wildman–Crippen LogP) is 1.60. The van der Waals surface area contributed by atoms with E-state index in [1.165, 1.54) is 5.01 Å². The molecule has 1 aromatic heterocycles. The fourth-order valence-corrected chi connectivity index (χ4v) is 3.71. The highest BCUT2D eigenvalue weighted by molar-refractivity contribution is 7.09. The van der Waals surface area contributed by atoms with Crippen LogP contribution in [-0.2, 0) is 11.3 Å². The Morgan fingerprint density at radius 1 is 1.47 bits per heavy atom. The number of nitrogens with zero attached hydrogens (tertiary/aromatic N) is 3. The first-order chi connectivity index (χ1) is 9.35. The van der Waals surface area contributed by atoms with E-state index in [9.17, 15) is 0 Å². The summed E-state index contributed by atoms with van der Waals surface area (Å²) in [6.07, 6.45) is 5.28. The van der Waals surface area contributed by atoms with Gasteiger partial charge in [-0.25, -0.2) is 4.98 Å². The van der Waals surface area contributed by atoms with Crippen LogP contribution in [0.2, 0.25) is 0 Å². The average molecular weight is 279 g/mol. The first-order valence-electron chi connectivity index (χ1n) is 6.92. The van der Waals surface area contributed by atoms with Gasteiger partial charge < -0.3 is 4.74 Å². The lowest BCUT2D eigenvalue weighted by molar-refractivity contribution is 0.0758. The normalized spacial score (nSPS) is 28.4. The summed E-state index contributed by atoms with van der Waals surface area (Å²) < 4.78 is 5.80. The van der Waals surface area contributed by atoms with Gasteiger partial charge in [0.1, 0.15) is 5.01 Å². The van der Waals surface area contributed by atoms with Crippen LogP contribution in [0.4, 0.5) is 0 Å². The summed E-state index contributed by atoms with van der Waals surface area (Å²) in [5, 5.41) is 3.28. The van der Waals surface area contributed by atoms with Gasteiger partial charge in [0.15, 0.2) is 0 Å². The molecular formula is C14H21N3OS.